The molecule has 0 aromatic heterocycles. The Labute approximate surface area is 52.2 Å². The predicted molar refractivity (Wildman–Crippen MR) is 19.9 cm³/mol. The van der Waals surface area contributed by atoms with Crippen LogP contribution in [0.1, 0.15) is 0 Å². The van der Waals surface area contributed by atoms with E-state index in [1.807, 2.05) is 0 Å². The van der Waals surface area contributed by atoms with Crippen LogP contribution in [0, 0.1) is 0 Å². The molecular formula is C3H3F6N. The first-order valence-electron chi connectivity index (χ1n) is 2.08. The Morgan fingerprint density at radius 1 is 0.600 bits per heavy atom. The van der Waals surface area contributed by atoms with Crippen molar-refractivity contribution in [2.45, 2.75) is 19.6 Å². The lowest BCUT2D eigenvalue weighted by molar-refractivity contribution is -0.222. The number of rotatable bonds is 3. The molecule has 0 rings (SSSR count). The van der Waals surface area contributed by atoms with Crippen molar-refractivity contribution in [3.8, 4) is 0 Å². The Kier molecular flexibility index (Phi) is 3.48. The number of nitrogens with zero attached hydrogens (tertiary/aromatic N) is 1. The van der Waals surface area contributed by atoms with E-state index in [0.29, 0.717) is 0 Å². The van der Waals surface area contributed by atoms with E-state index >= 15 is 0 Å². The largest absolute Gasteiger partial charge is 0.303 e. The molecule has 0 unspecified atom stereocenters. The summed E-state index contributed by atoms with van der Waals surface area (Å²) in [4.78, 5) is -1.50. The van der Waals surface area contributed by atoms with Gasteiger partial charge in [-0.1, -0.05) is 0 Å². The van der Waals surface area contributed by atoms with Crippen LogP contribution >= 0.6 is 0 Å². The van der Waals surface area contributed by atoms with Crippen molar-refractivity contribution in [2.75, 3.05) is 0 Å². The van der Waals surface area contributed by atoms with Gasteiger partial charge in [-0.3, -0.25) is 0 Å². The summed E-state index contributed by atoms with van der Waals surface area (Å²) < 4.78 is 67.0. The lowest BCUT2D eigenvalue weighted by Crippen LogP contribution is -2.38. The predicted octanol–water partition coefficient (Wildman–Crippen LogP) is 1.96. The summed E-state index contributed by atoms with van der Waals surface area (Å²) in [5, 5.41) is 0. The second kappa shape index (κ2) is 3.65. The molecule has 0 heterocycles. The molecule has 0 N–H and O–H groups in total. The zero-order valence-corrected chi connectivity index (χ0v) is 4.45. The van der Waals surface area contributed by atoms with Gasteiger partial charge < -0.3 is 0 Å². The summed E-state index contributed by atoms with van der Waals surface area (Å²) >= 11 is 0. The first-order valence-corrected chi connectivity index (χ1v) is 2.08. The molecule has 10 heavy (non-hydrogen) atoms. The fourth-order valence-corrected chi connectivity index (χ4v) is 0.256. The van der Waals surface area contributed by atoms with Crippen molar-refractivity contribution in [3.63, 3.8) is 0 Å². The van der Waals surface area contributed by atoms with Crippen LogP contribution in [0.2, 0.25) is 0 Å². The third-order valence-corrected chi connectivity index (χ3v) is 0.676. The van der Waals surface area contributed by atoms with Crippen LogP contribution in [0.4, 0.5) is 26.3 Å². The molecule has 1 nitrogen and oxygen atoms in total. The van der Waals surface area contributed by atoms with Crippen LogP contribution in [0.25, 0.3) is 0 Å². The molecule has 0 amide bonds. The molecular weight excluding hydrogens is 164 g/mol. The summed E-state index contributed by atoms with van der Waals surface area (Å²) in [7, 11) is 0. The minimum Gasteiger partial charge on any atom is -0.191 e. The number of halogens is 6. The molecule has 0 bridgehead atoms. The van der Waals surface area contributed by atoms with Crippen molar-refractivity contribution in [3.05, 3.63) is 0 Å². The van der Waals surface area contributed by atoms with Crippen molar-refractivity contribution >= 4 is 0 Å². The molecule has 0 aromatic rings. The van der Waals surface area contributed by atoms with E-state index in [2.05, 4.69) is 0 Å². The first-order chi connectivity index (χ1) is 4.46. The van der Waals surface area contributed by atoms with Crippen LogP contribution < -0.4 is 0 Å². The Morgan fingerprint density at radius 2 is 0.800 bits per heavy atom. The maximum atomic E-state index is 11.2. The third-order valence-electron chi connectivity index (χ3n) is 0.676. The van der Waals surface area contributed by atoms with E-state index in [1.165, 1.54) is 0 Å². The average Bonchev–Trinajstić information content (AvgIpc) is 1.59. The molecule has 0 aliphatic carbocycles. The minimum absolute atomic E-state index is 1.50. The van der Waals surface area contributed by atoms with Gasteiger partial charge in [-0.15, -0.1) is 4.90 Å². The Morgan fingerprint density at radius 3 is 0.800 bits per heavy atom. The maximum Gasteiger partial charge on any atom is 0.303 e. The number of alkyl halides is 6. The lowest BCUT2D eigenvalue weighted by Gasteiger charge is -2.17. The van der Waals surface area contributed by atoms with E-state index in [4.69, 9.17) is 0 Å². The van der Waals surface area contributed by atoms with Gasteiger partial charge >= 0.3 is 19.6 Å². The molecule has 0 saturated carbocycles. The second-order valence-electron chi connectivity index (χ2n) is 1.28. The summed E-state index contributed by atoms with van der Waals surface area (Å²) in [5.41, 5.74) is 0. The molecule has 0 atom stereocenters. The molecule has 0 aromatic carbocycles. The summed E-state index contributed by atoms with van der Waals surface area (Å²) in [6.07, 6.45) is 0. The fourth-order valence-electron chi connectivity index (χ4n) is 0.256. The fraction of sp³-hybridized carbons (Fsp3) is 1.00. The Balaban J connectivity index is 3.98. The zero-order chi connectivity index (χ0) is 8.31. The van der Waals surface area contributed by atoms with Crippen LogP contribution in [0.15, 0.2) is 0 Å². The van der Waals surface area contributed by atoms with Gasteiger partial charge in [0.05, 0.1) is 0 Å². The van der Waals surface area contributed by atoms with Gasteiger partial charge in [0.2, 0.25) is 0 Å². The van der Waals surface area contributed by atoms with Gasteiger partial charge in [0.1, 0.15) is 0 Å². The first kappa shape index (κ1) is 9.54. The Hall–Kier alpha value is -0.460. The van der Waals surface area contributed by atoms with Crippen LogP contribution in [-0.4, -0.2) is 24.5 Å². The van der Waals surface area contributed by atoms with Crippen LogP contribution in [0.5, 0.6) is 0 Å². The maximum absolute atomic E-state index is 11.2. The summed E-state index contributed by atoms with van der Waals surface area (Å²) in [6.45, 7) is -11.5. The van der Waals surface area contributed by atoms with Crippen molar-refractivity contribution in [2.24, 2.45) is 0 Å². The van der Waals surface area contributed by atoms with Gasteiger partial charge in [0.15, 0.2) is 0 Å². The molecule has 62 valence electrons. The zero-order valence-electron chi connectivity index (χ0n) is 4.45. The lowest BCUT2D eigenvalue weighted by atomic mass is 10.8. The quantitative estimate of drug-likeness (QED) is 0.458. The topological polar surface area (TPSA) is 3.24 Å². The molecule has 0 fully saturated rings. The SMILES string of the molecule is FC(F)N(C(F)F)C(F)F. The highest BCUT2D eigenvalue weighted by molar-refractivity contribution is 4.47. The average molecular weight is 167 g/mol. The van der Waals surface area contributed by atoms with E-state index in [1.54, 1.807) is 0 Å². The highest BCUT2D eigenvalue weighted by Crippen LogP contribution is 2.16. The number of hydrogen-bond donors (Lipinski definition) is 0. The molecule has 0 aliphatic rings. The molecule has 0 aliphatic heterocycles. The van der Waals surface area contributed by atoms with Gasteiger partial charge in [-0.05, 0) is 0 Å². The minimum atomic E-state index is -3.83. The van der Waals surface area contributed by atoms with Gasteiger partial charge in [-0.25, -0.2) is 0 Å². The van der Waals surface area contributed by atoms with Gasteiger partial charge in [-0.2, -0.15) is 26.3 Å². The molecule has 0 saturated heterocycles. The van der Waals surface area contributed by atoms with Gasteiger partial charge in [0, 0.05) is 0 Å². The smallest absolute Gasteiger partial charge is 0.191 e. The van der Waals surface area contributed by atoms with E-state index in [9.17, 15) is 26.3 Å². The summed E-state index contributed by atoms with van der Waals surface area (Å²) in [5.74, 6) is 0. The summed E-state index contributed by atoms with van der Waals surface area (Å²) in [6, 6.07) is 0. The van der Waals surface area contributed by atoms with Crippen LogP contribution in [0.3, 0.4) is 0 Å². The van der Waals surface area contributed by atoms with Crippen molar-refractivity contribution < 1.29 is 26.3 Å². The Bertz CT molecular complexity index is 74.0. The highest BCUT2D eigenvalue weighted by Gasteiger charge is 2.33. The molecule has 0 spiro atoms. The van der Waals surface area contributed by atoms with Crippen molar-refractivity contribution in [1.82, 2.24) is 4.90 Å². The monoisotopic (exact) mass is 167 g/mol. The highest BCUT2D eigenvalue weighted by atomic mass is 19.3. The van der Waals surface area contributed by atoms with Gasteiger partial charge in [0.25, 0.3) is 0 Å². The van der Waals surface area contributed by atoms with E-state index in [0.717, 1.165) is 0 Å². The second-order valence-corrected chi connectivity index (χ2v) is 1.28. The standard InChI is InChI=1S/C3H3F6N/c4-1(5)10(2(6)7)3(8)9/h1-3H. The van der Waals surface area contributed by atoms with Crippen molar-refractivity contribution in [1.29, 1.82) is 0 Å². The third kappa shape index (κ3) is 2.42. The van der Waals surface area contributed by atoms with E-state index < -0.39 is 24.5 Å². The van der Waals surface area contributed by atoms with E-state index in [-0.39, 0.29) is 0 Å². The molecule has 0 radical (unpaired) electrons. The number of hydrogen-bond acceptors (Lipinski definition) is 1. The normalized spacial score (nSPS) is 12.6. The van der Waals surface area contributed by atoms with Crippen LogP contribution in [-0.2, 0) is 0 Å². The molecule has 7 heteroatoms.